The van der Waals surface area contributed by atoms with Crippen molar-refractivity contribution in [3.63, 3.8) is 0 Å². The molecule has 55 heavy (non-hydrogen) atoms. The maximum atomic E-state index is 13.4. The average molecular weight is 777 g/mol. The van der Waals surface area contributed by atoms with Crippen molar-refractivity contribution >= 4 is 17.9 Å². The predicted molar refractivity (Wildman–Crippen MR) is 181 cm³/mol. The fourth-order valence-corrected chi connectivity index (χ4v) is 7.63. The van der Waals surface area contributed by atoms with Gasteiger partial charge in [-0.05, 0) is 49.2 Å². The van der Waals surface area contributed by atoms with Gasteiger partial charge in [0.05, 0.1) is 35.7 Å². The Hall–Kier alpha value is -4.21. The summed E-state index contributed by atoms with van der Waals surface area (Å²) >= 11 is 0. The van der Waals surface area contributed by atoms with Gasteiger partial charge in [0.1, 0.15) is 60.3 Å². The summed E-state index contributed by atoms with van der Waals surface area (Å²) in [6.45, 7) is 0.565. The number of hydrogen-bond donors (Lipinski definition) is 9. The van der Waals surface area contributed by atoms with Crippen molar-refractivity contribution in [2.45, 2.75) is 87.3 Å². The largest absolute Gasteiger partial charge is 0.488 e. The van der Waals surface area contributed by atoms with Gasteiger partial charge in [-0.15, -0.1) is 0 Å². The molecule has 0 aromatic heterocycles. The number of rotatable bonds is 11. The molecule has 2 aromatic rings. The molecule has 2 saturated carbocycles. The Morgan fingerprint density at radius 2 is 1.40 bits per heavy atom. The van der Waals surface area contributed by atoms with Gasteiger partial charge in [-0.25, -0.2) is 14.4 Å². The van der Waals surface area contributed by atoms with E-state index in [1.54, 1.807) is 6.92 Å². The zero-order valence-corrected chi connectivity index (χ0v) is 29.4. The minimum Gasteiger partial charge on any atom is -0.488 e. The van der Waals surface area contributed by atoms with Crippen LogP contribution in [0.25, 0.3) is 0 Å². The number of aliphatic carboxylic acids is 1. The highest BCUT2D eigenvalue weighted by Gasteiger charge is 2.54. The number of carbonyl (C=O) groups is 3. The lowest BCUT2D eigenvalue weighted by Gasteiger charge is -2.43. The van der Waals surface area contributed by atoms with E-state index in [-0.39, 0.29) is 41.0 Å². The zero-order valence-electron chi connectivity index (χ0n) is 29.4. The van der Waals surface area contributed by atoms with Crippen molar-refractivity contribution in [1.29, 1.82) is 0 Å². The topological polar surface area (TPSA) is 289 Å². The first kappa shape index (κ1) is 40.5. The lowest BCUT2D eigenvalue weighted by atomic mass is 9.81. The lowest BCUT2D eigenvalue weighted by Crippen LogP contribution is -2.60. The number of esters is 2. The summed E-state index contributed by atoms with van der Waals surface area (Å²) in [7, 11) is 0. The third-order valence-corrected chi connectivity index (χ3v) is 10.8. The second-order valence-corrected chi connectivity index (χ2v) is 14.2. The maximum Gasteiger partial charge on any atom is 0.343 e. The van der Waals surface area contributed by atoms with Crippen molar-refractivity contribution in [2.75, 3.05) is 13.2 Å². The molecule has 0 radical (unpaired) electrons. The molecule has 0 amide bonds. The molecule has 2 aliphatic heterocycles. The van der Waals surface area contributed by atoms with Crippen molar-refractivity contribution < 1.29 is 88.8 Å². The van der Waals surface area contributed by atoms with Crippen LogP contribution in [0.5, 0.6) is 11.5 Å². The van der Waals surface area contributed by atoms with Gasteiger partial charge in [0.15, 0.2) is 6.29 Å². The molecule has 6 rings (SSSR count). The van der Waals surface area contributed by atoms with Crippen molar-refractivity contribution in [2.24, 2.45) is 23.7 Å². The molecule has 18 nitrogen and oxygen atoms in total. The molecule has 4 aliphatic rings. The molecular formula is C37H44O18. The highest BCUT2D eigenvalue weighted by molar-refractivity contribution is 5.93. The highest BCUT2D eigenvalue weighted by atomic mass is 16.8. The van der Waals surface area contributed by atoms with E-state index in [0.717, 1.165) is 6.26 Å². The maximum absolute atomic E-state index is 13.4. The Balaban J connectivity index is 1.11. The van der Waals surface area contributed by atoms with E-state index < -0.39 is 122 Å². The van der Waals surface area contributed by atoms with E-state index in [2.05, 4.69) is 0 Å². The molecule has 2 aliphatic carbocycles. The molecule has 0 spiro atoms. The van der Waals surface area contributed by atoms with Crippen molar-refractivity contribution in [3.05, 3.63) is 71.5 Å². The Labute approximate surface area is 313 Å². The number of aliphatic hydroxyl groups is 8. The van der Waals surface area contributed by atoms with Crippen molar-refractivity contribution in [1.82, 2.24) is 0 Å². The number of ether oxygens (including phenoxy) is 6. The first-order valence-corrected chi connectivity index (χ1v) is 17.7. The Kier molecular flexibility index (Phi) is 12.4. The SMILES string of the molecule is CC1C(OC(=O)c2cccc(OC(=O)c3cccc(OC4CC(CO)C(O)C(O)C4O)c3)c2)CC2C(C(=O)O)=COC(OC3OC(CO)C(O)C(O)C3O)C21. The highest BCUT2D eigenvalue weighted by Crippen LogP contribution is 2.48. The van der Waals surface area contributed by atoms with Gasteiger partial charge in [-0.1, -0.05) is 19.1 Å². The molecule has 18 heteroatoms. The molecule has 9 N–H and O–H groups in total. The number of carbonyl (C=O) groups excluding carboxylic acids is 2. The van der Waals surface area contributed by atoms with Crippen LogP contribution in [0.1, 0.15) is 40.5 Å². The second-order valence-electron chi connectivity index (χ2n) is 14.2. The van der Waals surface area contributed by atoms with Crippen LogP contribution in [0.2, 0.25) is 0 Å². The summed E-state index contributed by atoms with van der Waals surface area (Å²) in [4.78, 5) is 38.7. The van der Waals surface area contributed by atoms with E-state index in [1.165, 1.54) is 48.5 Å². The van der Waals surface area contributed by atoms with Gasteiger partial charge in [0.2, 0.25) is 6.29 Å². The quantitative estimate of drug-likeness (QED) is 0.0945. The number of benzene rings is 2. The van der Waals surface area contributed by atoms with Gasteiger partial charge in [-0.3, -0.25) is 0 Å². The summed E-state index contributed by atoms with van der Waals surface area (Å²) in [6.07, 6.45) is -14.3. The Morgan fingerprint density at radius 3 is 2.07 bits per heavy atom. The Bertz CT molecular complexity index is 1730. The average Bonchev–Trinajstić information content (AvgIpc) is 3.50. The summed E-state index contributed by atoms with van der Waals surface area (Å²) in [6, 6.07) is 11.4. The van der Waals surface area contributed by atoms with Crippen LogP contribution in [-0.2, 0) is 23.7 Å². The number of carboxylic acid groups (broad SMARTS) is 1. The summed E-state index contributed by atoms with van der Waals surface area (Å²) in [5.41, 5.74) is -0.0511. The first-order chi connectivity index (χ1) is 26.2. The van der Waals surface area contributed by atoms with Crippen LogP contribution in [-0.4, -0.2) is 145 Å². The summed E-state index contributed by atoms with van der Waals surface area (Å²) in [5.74, 6) is -5.57. The fourth-order valence-electron chi connectivity index (χ4n) is 7.63. The van der Waals surface area contributed by atoms with E-state index in [4.69, 9.17) is 28.4 Å². The van der Waals surface area contributed by atoms with E-state index >= 15 is 0 Å². The van der Waals surface area contributed by atoms with Crippen LogP contribution in [0, 0.1) is 23.7 Å². The second kappa shape index (κ2) is 16.9. The standard InChI is InChI=1S/C37H44O18/c1-15-23(11-21-22(33(46)47)14-50-36(26(15)21)55-37-32(45)31(44)29(42)25(13-39)54-37)53-35(49)17-5-3-7-20(9-17)52-34(48)16-4-2-6-19(8-16)51-24-10-18(12-38)27(40)30(43)28(24)41/h2-9,14-15,18,21,23-32,36-45H,10-13H2,1H3,(H,46,47). The minimum atomic E-state index is -1.74. The number of aliphatic hydroxyl groups excluding tert-OH is 8. The monoisotopic (exact) mass is 776 g/mol. The Morgan fingerprint density at radius 1 is 0.745 bits per heavy atom. The fraction of sp³-hybridized carbons (Fsp3) is 0.541. The van der Waals surface area contributed by atoms with E-state index in [9.17, 15) is 60.3 Å². The number of hydrogen-bond acceptors (Lipinski definition) is 17. The zero-order chi connectivity index (χ0) is 39.7. The lowest BCUT2D eigenvalue weighted by molar-refractivity contribution is -0.342. The first-order valence-electron chi connectivity index (χ1n) is 17.7. The van der Waals surface area contributed by atoms with Gasteiger partial charge < -0.3 is 74.4 Å². The minimum absolute atomic E-state index is 0.00861. The summed E-state index contributed by atoms with van der Waals surface area (Å²) in [5, 5.41) is 90.5. The smallest absolute Gasteiger partial charge is 0.343 e. The summed E-state index contributed by atoms with van der Waals surface area (Å²) < 4.78 is 34.1. The molecule has 1 saturated heterocycles. The number of fused-ring (bicyclic) bond motifs is 1. The molecule has 2 heterocycles. The molecule has 15 atom stereocenters. The molecule has 15 unspecified atom stereocenters. The predicted octanol–water partition coefficient (Wildman–Crippen LogP) is -1.31. The van der Waals surface area contributed by atoms with Crippen LogP contribution >= 0.6 is 0 Å². The molecular weight excluding hydrogens is 732 g/mol. The number of carboxylic acids is 1. The van der Waals surface area contributed by atoms with Gasteiger partial charge in [-0.2, -0.15) is 0 Å². The van der Waals surface area contributed by atoms with Gasteiger partial charge in [0.25, 0.3) is 0 Å². The molecule has 3 fully saturated rings. The van der Waals surface area contributed by atoms with Crippen LogP contribution in [0.15, 0.2) is 60.4 Å². The van der Waals surface area contributed by atoms with E-state index in [0.29, 0.717) is 0 Å². The molecule has 0 bridgehead atoms. The van der Waals surface area contributed by atoms with Crippen LogP contribution in [0.4, 0.5) is 0 Å². The van der Waals surface area contributed by atoms with Crippen LogP contribution in [0.3, 0.4) is 0 Å². The van der Waals surface area contributed by atoms with Gasteiger partial charge in [0, 0.05) is 30.3 Å². The van der Waals surface area contributed by atoms with E-state index in [1.807, 2.05) is 0 Å². The van der Waals surface area contributed by atoms with Crippen molar-refractivity contribution in [3.8, 4) is 11.5 Å². The van der Waals surface area contributed by atoms with Crippen LogP contribution < -0.4 is 9.47 Å². The third-order valence-electron chi connectivity index (χ3n) is 10.8. The molecule has 300 valence electrons. The third kappa shape index (κ3) is 8.34. The molecule has 2 aromatic carbocycles. The normalized spacial score (nSPS) is 37.2. The van der Waals surface area contributed by atoms with Gasteiger partial charge >= 0.3 is 17.9 Å².